The molecule has 0 spiro atoms. The molecule has 0 saturated carbocycles. The van der Waals surface area contributed by atoms with E-state index in [1.54, 1.807) is 26.2 Å². The molecule has 1 unspecified atom stereocenters. The molecule has 0 aliphatic rings. The standard InChI is InChI=1S/C11H16FNO/c1-8-6-10(4-5-11(8)12)13-9(2)7-14-3/h4-6,9,13H,7H2,1-3H3. The number of nitrogens with one attached hydrogen (secondary N) is 1. The number of ether oxygens (including phenoxy) is 1. The molecular weight excluding hydrogens is 181 g/mol. The summed E-state index contributed by atoms with van der Waals surface area (Å²) in [5.41, 5.74) is 1.58. The quantitative estimate of drug-likeness (QED) is 0.801. The van der Waals surface area contributed by atoms with Gasteiger partial charge in [0.15, 0.2) is 0 Å². The van der Waals surface area contributed by atoms with Gasteiger partial charge in [-0.2, -0.15) is 0 Å². The van der Waals surface area contributed by atoms with Gasteiger partial charge in [-0.25, -0.2) is 4.39 Å². The molecule has 0 fully saturated rings. The third kappa shape index (κ3) is 3.00. The van der Waals surface area contributed by atoms with E-state index in [2.05, 4.69) is 5.32 Å². The van der Waals surface area contributed by atoms with E-state index in [1.807, 2.05) is 6.92 Å². The summed E-state index contributed by atoms with van der Waals surface area (Å²) >= 11 is 0. The Morgan fingerprint density at radius 1 is 1.50 bits per heavy atom. The van der Waals surface area contributed by atoms with Crippen molar-refractivity contribution < 1.29 is 9.13 Å². The predicted octanol–water partition coefficient (Wildman–Crippen LogP) is 2.58. The van der Waals surface area contributed by atoms with Crippen LogP contribution in [-0.4, -0.2) is 19.8 Å². The van der Waals surface area contributed by atoms with Crippen molar-refractivity contribution in [1.82, 2.24) is 0 Å². The fourth-order valence-corrected chi connectivity index (χ4v) is 1.31. The molecule has 1 rings (SSSR count). The molecule has 78 valence electrons. The zero-order valence-corrected chi connectivity index (χ0v) is 8.80. The van der Waals surface area contributed by atoms with Crippen LogP contribution in [0.4, 0.5) is 10.1 Å². The average molecular weight is 197 g/mol. The molecule has 14 heavy (non-hydrogen) atoms. The van der Waals surface area contributed by atoms with Gasteiger partial charge in [0.25, 0.3) is 0 Å². The first-order valence-electron chi connectivity index (χ1n) is 4.65. The summed E-state index contributed by atoms with van der Waals surface area (Å²) in [6, 6.07) is 5.22. The normalized spacial score (nSPS) is 12.6. The highest BCUT2D eigenvalue weighted by Crippen LogP contribution is 2.14. The van der Waals surface area contributed by atoms with Gasteiger partial charge in [0.1, 0.15) is 5.82 Å². The van der Waals surface area contributed by atoms with Crippen LogP contribution in [-0.2, 0) is 4.74 Å². The molecule has 0 aromatic heterocycles. The van der Waals surface area contributed by atoms with Gasteiger partial charge < -0.3 is 10.1 Å². The Labute approximate surface area is 84.1 Å². The first-order chi connectivity index (χ1) is 6.63. The lowest BCUT2D eigenvalue weighted by molar-refractivity contribution is 0.190. The number of anilines is 1. The van der Waals surface area contributed by atoms with E-state index >= 15 is 0 Å². The maximum atomic E-state index is 12.9. The Bertz CT molecular complexity index is 301. The topological polar surface area (TPSA) is 21.3 Å². The van der Waals surface area contributed by atoms with E-state index in [0.29, 0.717) is 12.2 Å². The van der Waals surface area contributed by atoms with Crippen LogP contribution in [0.2, 0.25) is 0 Å². The van der Waals surface area contributed by atoms with Crippen molar-refractivity contribution >= 4 is 5.69 Å². The maximum Gasteiger partial charge on any atom is 0.126 e. The van der Waals surface area contributed by atoms with Gasteiger partial charge in [-0.1, -0.05) is 0 Å². The summed E-state index contributed by atoms with van der Waals surface area (Å²) < 4.78 is 17.9. The zero-order valence-electron chi connectivity index (χ0n) is 8.80. The molecule has 1 aromatic rings. The average Bonchev–Trinajstić information content (AvgIpc) is 2.12. The SMILES string of the molecule is COCC(C)Nc1ccc(F)c(C)c1. The second kappa shape index (κ2) is 4.96. The number of aryl methyl sites for hydroxylation is 1. The highest BCUT2D eigenvalue weighted by Gasteiger charge is 2.02. The molecule has 1 N–H and O–H groups in total. The van der Waals surface area contributed by atoms with Crippen LogP contribution in [0.3, 0.4) is 0 Å². The Morgan fingerprint density at radius 2 is 2.21 bits per heavy atom. The molecule has 3 heteroatoms. The molecule has 0 amide bonds. The van der Waals surface area contributed by atoms with Gasteiger partial charge in [-0.05, 0) is 37.6 Å². The van der Waals surface area contributed by atoms with Crippen molar-refractivity contribution in [2.45, 2.75) is 19.9 Å². The van der Waals surface area contributed by atoms with E-state index in [1.165, 1.54) is 6.07 Å². The summed E-state index contributed by atoms with van der Waals surface area (Å²) in [7, 11) is 1.66. The first kappa shape index (κ1) is 11.0. The van der Waals surface area contributed by atoms with Gasteiger partial charge >= 0.3 is 0 Å². The van der Waals surface area contributed by atoms with Gasteiger partial charge in [-0.15, -0.1) is 0 Å². The number of hydrogen-bond acceptors (Lipinski definition) is 2. The third-order valence-electron chi connectivity index (χ3n) is 1.99. The Morgan fingerprint density at radius 3 is 2.79 bits per heavy atom. The van der Waals surface area contributed by atoms with Crippen molar-refractivity contribution in [3.05, 3.63) is 29.6 Å². The fourth-order valence-electron chi connectivity index (χ4n) is 1.31. The van der Waals surface area contributed by atoms with Crippen LogP contribution in [0, 0.1) is 12.7 Å². The van der Waals surface area contributed by atoms with Crippen molar-refractivity contribution in [2.24, 2.45) is 0 Å². The third-order valence-corrected chi connectivity index (χ3v) is 1.99. The molecule has 0 aliphatic heterocycles. The van der Waals surface area contributed by atoms with Crippen molar-refractivity contribution in [3.63, 3.8) is 0 Å². The summed E-state index contributed by atoms with van der Waals surface area (Å²) in [5.74, 6) is -0.171. The number of benzene rings is 1. The minimum atomic E-state index is -0.171. The second-order valence-electron chi connectivity index (χ2n) is 3.46. The number of halogens is 1. The minimum Gasteiger partial charge on any atom is -0.383 e. The highest BCUT2D eigenvalue weighted by atomic mass is 19.1. The Hall–Kier alpha value is -1.09. The summed E-state index contributed by atoms with van der Waals surface area (Å²) in [4.78, 5) is 0. The predicted molar refractivity (Wildman–Crippen MR) is 56.1 cm³/mol. The van der Waals surface area contributed by atoms with E-state index in [4.69, 9.17) is 4.74 Å². The van der Waals surface area contributed by atoms with Gasteiger partial charge in [0, 0.05) is 18.8 Å². The molecule has 0 heterocycles. The molecule has 0 bridgehead atoms. The van der Waals surface area contributed by atoms with Gasteiger partial charge in [0.2, 0.25) is 0 Å². The van der Waals surface area contributed by atoms with Crippen LogP contribution < -0.4 is 5.32 Å². The zero-order chi connectivity index (χ0) is 10.6. The second-order valence-corrected chi connectivity index (χ2v) is 3.46. The Kier molecular flexibility index (Phi) is 3.89. The lowest BCUT2D eigenvalue weighted by atomic mass is 10.2. The first-order valence-corrected chi connectivity index (χ1v) is 4.65. The molecule has 2 nitrogen and oxygen atoms in total. The van der Waals surface area contributed by atoms with Crippen LogP contribution in [0.25, 0.3) is 0 Å². The lowest BCUT2D eigenvalue weighted by Gasteiger charge is -2.14. The van der Waals surface area contributed by atoms with Gasteiger partial charge in [-0.3, -0.25) is 0 Å². The molecule has 0 radical (unpaired) electrons. The molecular formula is C11H16FNO. The summed E-state index contributed by atoms with van der Waals surface area (Å²) in [6.07, 6.45) is 0. The van der Waals surface area contributed by atoms with Crippen LogP contribution in [0.1, 0.15) is 12.5 Å². The molecule has 1 aromatic carbocycles. The lowest BCUT2D eigenvalue weighted by Crippen LogP contribution is -2.20. The minimum absolute atomic E-state index is 0.171. The van der Waals surface area contributed by atoms with E-state index in [0.717, 1.165) is 5.69 Å². The van der Waals surface area contributed by atoms with Crippen LogP contribution in [0.15, 0.2) is 18.2 Å². The molecule has 0 aliphatic carbocycles. The monoisotopic (exact) mass is 197 g/mol. The Balaban J connectivity index is 2.63. The fraction of sp³-hybridized carbons (Fsp3) is 0.455. The number of hydrogen-bond donors (Lipinski definition) is 1. The largest absolute Gasteiger partial charge is 0.383 e. The van der Waals surface area contributed by atoms with Gasteiger partial charge in [0.05, 0.1) is 6.61 Å². The van der Waals surface area contributed by atoms with Crippen molar-refractivity contribution in [2.75, 3.05) is 19.0 Å². The number of rotatable bonds is 4. The maximum absolute atomic E-state index is 12.9. The van der Waals surface area contributed by atoms with E-state index in [9.17, 15) is 4.39 Å². The highest BCUT2D eigenvalue weighted by molar-refractivity contribution is 5.46. The molecule has 1 atom stereocenters. The van der Waals surface area contributed by atoms with E-state index in [-0.39, 0.29) is 11.9 Å². The summed E-state index contributed by atoms with van der Waals surface area (Å²) in [5, 5.41) is 3.22. The van der Waals surface area contributed by atoms with Crippen molar-refractivity contribution in [3.8, 4) is 0 Å². The smallest absolute Gasteiger partial charge is 0.126 e. The number of methoxy groups -OCH3 is 1. The summed E-state index contributed by atoms with van der Waals surface area (Å²) in [6.45, 7) is 4.40. The van der Waals surface area contributed by atoms with Crippen molar-refractivity contribution in [1.29, 1.82) is 0 Å². The molecule has 0 saturated heterocycles. The van der Waals surface area contributed by atoms with Crippen LogP contribution >= 0.6 is 0 Å². The van der Waals surface area contributed by atoms with E-state index < -0.39 is 0 Å². The van der Waals surface area contributed by atoms with Crippen LogP contribution in [0.5, 0.6) is 0 Å².